The third kappa shape index (κ3) is 4.15. The summed E-state index contributed by atoms with van der Waals surface area (Å²) in [5, 5.41) is 3.34. The molecule has 0 heterocycles. The monoisotopic (exact) mass is 238 g/mol. The van der Waals surface area contributed by atoms with Crippen LogP contribution >= 0.6 is 0 Å². The third-order valence-corrected chi connectivity index (χ3v) is 2.76. The van der Waals surface area contributed by atoms with Crippen LogP contribution in [0, 0.1) is 5.92 Å². The Morgan fingerprint density at radius 1 is 1.29 bits per heavy atom. The zero-order chi connectivity index (χ0) is 12.7. The second kappa shape index (κ2) is 7.01. The molecule has 0 fully saturated rings. The number of anilines is 1. The summed E-state index contributed by atoms with van der Waals surface area (Å²) in [5.41, 5.74) is 6.56. The maximum atomic E-state index is 5.58. The molecule has 4 nitrogen and oxygen atoms in total. The van der Waals surface area contributed by atoms with Crippen molar-refractivity contribution < 1.29 is 9.47 Å². The van der Waals surface area contributed by atoms with Gasteiger partial charge in [0.25, 0.3) is 0 Å². The topological polar surface area (TPSA) is 56.5 Å². The molecule has 1 unspecified atom stereocenters. The molecule has 0 aromatic heterocycles. The number of ether oxygens (including phenoxy) is 2. The van der Waals surface area contributed by atoms with Crippen LogP contribution in [0.4, 0.5) is 5.69 Å². The summed E-state index contributed by atoms with van der Waals surface area (Å²) in [6, 6.07) is 5.75. The minimum Gasteiger partial charge on any atom is -0.497 e. The van der Waals surface area contributed by atoms with Gasteiger partial charge >= 0.3 is 0 Å². The fourth-order valence-electron chi connectivity index (χ4n) is 1.52. The van der Waals surface area contributed by atoms with Gasteiger partial charge in [0.1, 0.15) is 11.5 Å². The Labute approximate surface area is 103 Å². The Morgan fingerprint density at radius 3 is 2.65 bits per heavy atom. The summed E-state index contributed by atoms with van der Waals surface area (Å²) in [6.45, 7) is 3.76. The van der Waals surface area contributed by atoms with Crippen molar-refractivity contribution in [1.82, 2.24) is 0 Å². The van der Waals surface area contributed by atoms with Gasteiger partial charge < -0.3 is 20.5 Å². The van der Waals surface area contributed by atoms with E-state index in [2.05, 4.69) is 12.2 Å². The number of rotatable bonds is 7. The van der Waals surface area contributed by atoms with Gasteiger partial charge in [-0.05, 0) is 31.0 Å². The second-order valence-corrected chi connectivity index (χ2v) is 4.12. The summed E-state index contributed by atoms with van der Waals surface area (Å²) in [7, 11) is 3.30. The van der Waals surface area contributed by atoms with E-state index in [0.29, 0.717) is 5.92 Å². The first-order valence-electron chi connectivity index (χ1n) is 5.87. The van der Waals surface area contributed by atoms with Crippen LogP contribution in [0.1, 0.15) is 13.3 Å². The lowest BCUT2D eigenvalue weighted by molar-refractivity contribution is 0.395. The zero-order valence-corrected chi connectivity index (χ0v) is 10.8. The van der Waals surface area contributed by atoms with E-state index in [4.69, 9.17) is 15.2 Å². The van der Waals surface area contributed by atoms with E-state index in [-0.39, 0.29) is 0 Å². The first kappa shape index (κ1) is 13.6. The number of nitrogens with two attached hydrogens (primary N) is 1. The van der Waals surface area contributed by atoms with Crippen molar-refractivity contribution in [2.45, 2.75) is 13.3 Å². The quantitative estimate of drug-likeness (QED) is 0.764. The van der Waals surface area contributed by atoms with Crippen molar-refractivity contribution in [2.24, 2.45) is 11.7 Å². The van der Waals surface area contributed by atoms with Crippen LogP contribution in [0.2, 0.25) is 0 Å². The molecule has 0 aliphatic heterocycles. The van der Waals surface area contributed by atoms with Crippen LogP contribution in [-0.2, 0) is 0 Å². The van der Waals surface area contributed by atoms with E-state index in [9.17, 15) is 0 Å². The molecule has 3 N–H and O–H groups in total. The number of hydrogen-bond donors (Lipinski definition) is 2. The molecule has 0 radical (unpaired) electrons. The fourth-order valence-corrected chi connectivity index (χ4v) is 1.52. The van der Waals surface area contributed by atoms with Gasteiger partial charge in [0, 0.05) is 12.6 Å². The van der Waals surface area contributed by atoms with E-state index in [0.717, 1.165) is 36.7 Å². The molecule has 0 aliphatic rings. The highest BCUT2D eigenvalue weighted by Gasteiger charge is 2.05. The molecule has 1 aromatic rings. The molecule has 0 bridgehead atoms. The van der Waals surface area contributed by atoms with E-state index in [1.807, 2.05) is 18.2 Å². The average Bonchev–Trinajstić information content (AvgIpc) is 2.38. The minimum absolute atomic E-state index is 0.534. The average molecular weight is 238 g/mol. The lowest BCUT2D eigenvalue weighted by Crippen LogP contribution is -2.15. The molecule has 0 saturated heterocycles. The number of nitrogens with one attached hydrogen (secondary N) is 1. The van der Waals surface area contributed by atoms with Gasteiger partial charge in [-0.3, -0.25) is 0 Å². The highest BCUT2D eigenvalue weighted by molar-refractivity contribution is 5.59. The van der Waals surface area contributed by atoms with Crippen molar-refractivity contribution in [3.8, 4) is 11.5 Å². The van der Waals surface area contributed by atoms with Crippen molar-refractivity contribution in [3.05, 3.63) is 18.2 Å². The Kier molecular flexibility index (Phi) is 5.63. The SMILES string of the molecule is COc1ccc(NCCC(C)CN)c(OC)c1. The molecular weight excluding hydrogens is 216 g/mol. The van der Waals surface area contributed by atoms with E-state index in [1.54, 1.807) is 14.2 Å². The third-order valence-electron chi connectivity index (χ3n) is 2.76. The number of methoxy groups -OCH3 is 2. The summed E-state index contributed by atoms with van der Waals surface area (Å²) >= 11 is 0. The molecule has 0 amide bonds. The smallest absolute Gasteiger partial charge is 0.145 e. The number of benzene rings is 1. The summed E-state index contributed by atoms with van der Waals surface area (Å²) < 4.78 is 10.5. The normalized spacial score (nSPS) is 12.0. The lowest BCUT2D eigenvalue weighted by atomic mass is 10.1. The molecule has 4 heteroatoms. The van der Waals surface area contributed by atoms with Crippen LogP contribution in [0.15, 0.2) is 18.2 Å². The summed E-state index contributed by atoms with van der Waals surface area (Å²) in [5.74, 6) is 2.12. The van der Waals surface area contributed by atoms with E-state index in [1.165, 1.54) is 0 Å². The fraction of sp³-hybridized carbons (Fsp3) is 0.538. The first-order valence-corrected chi connectivity index (χ1v) is 5.87. The van der Waals surface area contributed by atoms with Gasteiger partial charge in [-0.1, -0.05) is 6.92 Å². The van der Waals surface area contributed by atoms with Gasteiger partial charge in [0.15, 0.2) is 0 Å². The van der Waals surface area contributed by atoms with Gasteiger partial charge in [-0.2, -0.15) is 0 Å². The molecule has 96 valence electrons. The highest BCUT2D eigenvalue weighted by atomic mass is 16.5. The lowest BCUT2D eigenvalue weighted by Gasteiger charge is -2.14. The largest absolute Gasteiger partial charge is 0.497 e. The predicted octanol–water partition coefficient (Wildman–Crippen LogP) is 2.10. The van der Waals surface area contributed by atoms with Crippen molar-refractivity contribution in [3.63, 3.8) is 0 Å². The molecular formula is C13H22N2O2. The van der Waals surface area contributed by atoms with Crippen molar-refractivity contribution >= 4 is 5.69 Å². The van der Waals surface area contributed by atoms with Crippen molar-refractivity contribution in [2.75, 3.05) is 32.6 Å². The van der Waals surface area contributed by atoms with E-state index < -0.39 is 0 Å². The van der Waals surface area contributed by atoms with E-state index >= 15 is 0 Å². The van der Waals surface area contributed by atoms with Gasteiger partial charge in [0.2, 0.25) is 0 Å². The maximum absolute atomic E-state index is 5.58. The zero-order valence-electron chi connectivity index (χ0n) is 10.8. The Balaban J connectivity index is 2.58. The summed E-state index contributed by atoms with van der Waals surface area (Å²) in [4.78, 5) is 0. The standard InChI is InChI=1S/C13H22N2O2/c1-10(9-14)6-7-15-12-5-4-11(16-2)8-13(12)17-3/h4-5,8,10,15H,6-7,9,14H2,1-3H3. The van der Waals surface area contributed by atoms with Crippen LogP contribution < -0.4 is 20.5 Å². The molecule has 0 saturated carbocycles. The second-order valence-electron chi connectivity index (χ2n) is 4.12. The predicted molar refractivity (Wildman–Crippen MR) is 70.9 cm³/mol. The maximum Gasteiger partial charge on any atom is 0.145 e. The van der Waals surface area contributed by atoms with Crippen LogP contribution in [0.5, 0.6) is 11.5 Å². The molecule has 17 heavy (non-hydrogen) atoms. The Morgan fingerprint density at radius 2 is 2.06 bits per heavy atom. The molecule has 0 spiro atoms. The van der Waals surface area contributed by atoms with Gasteiger partial charge in [-0.15, -0.1) is 0 Å². The van der Waals surface area contributed by atoms with Gasteiger partial charge in [-0.25, -0.2) is 0 Å². The Bertz CT molecular complexity index is 342. The summed E-state index contributed by atoms with van der Waals surface area (Å²) in [6.07, 6.45) is 1.05. The molecule has 1 atom stereocenters. The van der Waals surface area contributed by atoms with Crippen LogP contribution in [-0.4, -0.2) is 27.3 Å². The molecule has 1 rings (SSSR count). The van der Waals surface area contributed by atoms with Crippen molar-refractivity contribution in [1.29, 1.82) is 0 Å². The molecule has 0 aliphatic carbocycles. The first-order chi connectivity index (χ1) is 8.21. The van der Waals surface area contributed by atoms with Gasteiger partial charge in [0.05, 0.1) is 19.9 Å². The minimum atomic E-state index is 0.534. The van der Waals surface area contributed by atoms with Crippen LogP contribution in [0.3, 0.4) is 0 Å². The Hall–Kier alpha value is -1.42. The highest BCUT2D eigenvalue weighted by Crippen LogP contribution is 2.28. The van der Waals surface area contributed by atoms with Crippen LogP contribution in [0.25, 0.3) is 0 Å². The molecule has 1 aromatic carbocycles. The number of hydrogen-bond acceptors (Lipinski definition) is 4.